The van der Waals surface area contributed by atoms with Crippen LogP contribution in [-0.2, 0) is 6.54 Å². The summed E-state index contributed by atoms with van der Waals surface area (Å²) in [6, 6.07) is 6.30. The van der Waals surface area contributed by atoms with E-state index < -0.39 is 6.36 Å². The van der Waals surface area contributed by atoms with Gasteiger partial charge in [-0.05, 0) is 56.5 Å². The Morgan fingerprint density at radius 3 is 2.29 bits per heavy atom. The molecule has 1 aromatic carbocycles. The lowest BCUT2D eigenvalue weighted by Crippen LogP contribution is -2.39. The molecule has 0 amide bonds. The molecule has 0 radical (unpaired) electrons. The second kappa shape index (κ2) is 6.66. The van der Waals surface area contributed by atoms with Crippen molar-refractivity contribution in [3.63, 3.8) is 0 Å². The summed E-state index contributed by atoms with van der Waals surface area (Å²) in [6.45, 7) is 4.75. The molecule has 21 heavy (non-hydrogen) atoms. The summed E-state index contributed by atoms with van der Waals surface area (Å²) in [6.07, 6.45) is -2.48. The second-order valence-electron chi connectivity index (χ2n) is 5.66. The van der Waals surface area contributed by atoms with Gasteiger partial charge in [0.05, 0.1) is 0 Å². The Morgan fingerprint density at radius 1 is 1.24 bits per heavy atom. The molecular weight excluding hydrogens is 281 g/mol. The van der Waals surface area contributed by atoms with Crippen molar-refractivity contribution >= 4 is 0 Å². The highest BCUT2D eigenvalue weighted by Gasteiger charge is 2.31. The molecule has 1 fully saturated rings. The third-order valence-electron chi connectivity index (χ3n) is 3.94. The first-order chi connectivity index (χ1) is 9.83. The molecule has 1 atom stereocenters. The molecule has 1 unspecified atom stereocenters. The molecule has 2 rings (SSSR count). The lowest BCUT2D eigenvalue weighted by molar-refractivity contribution is -0.274. The average molecular weight is 302 g/mol. The van der Waals surface area contributed by atoms with Gasteiger partial charge in [-0.1, -0.05) is 12.1 Å². The zero-order chi connectivity index (χ0) is 15.5. The summed E-state index contributed by atoms with van der Waals surface area (Å²) in [5.41, 5.74) is 6.90. The van der Waals surface area contributed by atoms with E-state index in [4.69, 9.17) is 5.73 Å². The maximum atomic E-state index is 12.1. The van der Waals surface area contributed by atoms with E-state index in [9.17, 15) is 13.2 Å². The largest absolute Gasteiger partial charge is 0.573 e. The van der Waals surface area contributed by atoms with Crippen LogP contribution in [0.15, 0.2) is 24.3 Å². The lowest BCUT2D eigenvalue weighted by atomic mass is 9.91. The minimum absolute atomic E-state index is 0.179. The number of piperidine rings is 1. The van der Waals surface area contributed by atoms with E-state index in [2.05, 4.69) is 9.64 Å². The molecule has 0 bridgehead atoms. The standard InChI is InChI=1S/C15H21F3N2O/c1-11(19)13-6-8-20(9-7-13)10-12-2-4-14(5-3-12)21-15(16,17)18/h2-5,11,13H,6-10,19H2,1H3. The molecule has 6 heteroatoms. The third kappa shape index (κ3) is 5.21. The normalized spacial score (nSPS) is 19.5. The first-order valence-electron chi connectivity index (χ1n) is 7.16. The van der Waals surface area contributed by atoms with E-state index in [0.717, 1.165) is 38.0 Å². The minimum atomic E-state index is -4.64. The summed E-state index contributed by atoms with van der Waals surface area (Å²) in [5.74, 6) is 0.394. The highest BCUT2D eigenvalue weighted by atomic mass is 19.4. The number of hydrogen-bond donors (Lipinski definition) is 1. The Balaban J connectivity index is 1.84. The summed E-state index contributed by atoms with van der Waals surface area (Å²) >= 11 is 0. The van der Waals surface area contributed by atoms with Gasteiger partial charge >= 0.3 is 6.36 Å². The Bertz CT molecular complexity index is 437. The predicted molar refractivity (Wildman–Crippen MR) is 74.8 cm³/mol. The summed E-state index contributed by atoms with van der Waals surface area (Å²) in [4.78, 5) is 2.30. The van der Waals surface area contributed by atoms with Gasteiger partial charge in [-0.25, -0.2) is 0 Å². The van der Waals surface area contributed by atoms with Gasteiger partial charge in [0.15, 0.2) is 0 Å². The highest BCUT2D eigenvalue weighted by Crippen LogP contribution is 2.24. The van der Waals surface area contributed by atoms with Gasteiger partial charge in [0.1, 0.15) is 5.75 Å². The summed E-state index contributed by atoms with van der Waals surface area (Å²) < 4.78 is 40.1. The predicted octanol–water partition coefficient (Wildman–Crippen LogP) is 3.14. The molecule has 0 spiro atoms. The van der Waals surface area contributed by atoms with Crippen LogP contribution in [0.5, 0.6) is 5.75 Å². The van der Waals surface area contributed by atoms with E-state index in [1.165, 1.54) is 12.1 Å². The zero-order valence-corrected chi connectivity index (χ0v) is 12.1. The van der Waals surface area contributed by atoms with Crippen molar-refractivity contribution < 1.29 is 17.9 Å². The molecule has 3 nitrogen and oxygen atoms in total. The van der Waals surface area contributed by atoms with Gasteiger partial charge < -0.3 is 10.5 Å². The van der Waals surface area contributed by atoms with Crippen LogP contribution in [0.2, 0.25) is 0 Å². The van der Waals surface area contributed by atoms with Crippen LogP contribution in [-0.4, -0.2) is 30.4 Å². The third-order valence-corrected chi connectivity index (χ3v) is 3.94. The van der Waals surface area contributed by atoms with Crippen LogP contribution in [0.1, 0.15) is 25.3 Å². The minimum Gasteiger partial charge on any atom is -0.406 e. The monoisotopic (exact) mass is 302 g/mol. The molecule has 1 aliphatic heterocycles. The number of benzene rings is 1. The van der Waals surface area contributed by atoms with Gasteiger partial charge in [-0.2, -0.15) is 0 Å². The zero-order valence-electron chi connectivity index (χ0n) is 12.1. The van der Waals surface area contributed by atoms with Crippen molar-refractivity contribution in [1.29, 1.82) is 0 Å². The molecule has 1 aromatic rings. The number of nitrogens with zero attached hydrogens (tertiary/aromatic N) is 1. The fourth-order valence-electron chi connectivity index (χ4n) is 2.69. The first kappa shape index (κ1) is 16.1. The van der Waals surface area contributed by atoms with Crippen LogP contribution >= 0.6 is 0 Å². The van der Waals surface area contributed by atoms with Gasteiger partial charge in [0, 0.05) is 12.6 Å². The van der Waals surface area contributed by atoms with E-state index in [1.54, 1.807) is 12.1 Å². The maximum absolute atomic E-state index is 12.1. The second-order valence-corrected chi connectivity index (χ2v) is 5.66. The molecule has 0 aromatic heterocycles. The SMILES string of the molecule is CC(N)C1CCN(Cc2ccc(OC(F)(F)F)cc2)CC1. The van der Waals surface area contributed by atoms with Crippen molar-refractivity contribution in [3.05, 3.63) is 29.8 Å². The number of alkyl halides is 3. The van der Waals surface area contributed by atoms with Crippen LogP contribution in [0.4, 0.5) is 13.2 Å². The van der Waals surface area contributed by atoms with Crippen LogP contribution in [0.3, 0.4) is 0 Å². The Morgan fingerprint density at radius 2 is 1.81 bits per heavy atom. The number of rotatable bonds is 4. The lowest BCUT2D eigenvalue weighted by Gasteiger charge is -2.33. The Kier molecular flexibility index (Phi) is 5.11. The van der Waals surface area contributed by atoms with E-state index in [0.29, 0.717) is 5.92 Å². The van der Waals surface area contributed by atoms with Gasteiger partial charge in [-0.3, -0.25) is 4.90 Å². The smallest absolute Gasteiger partial charge is 0.406 e. The van der Waals surface area contributed by atoms with Gasteiger partial charge in [0.25, 0.3) is 0 Å². The average Bonchev–Trinajstić information content (AvgIpc) is 2.40. The van der Waals surface area contributed by atoms with Gasteiger partial charge in [-0.15, -0.1) is 13.2 Å². The topological polar surface area (TPSA) is 38.5 Å². The summed E-state index contributed by atoms with van der Waals surface area (Å²) in [7, 11) is 0. The molecule has 1 aliphatic rings. The van der Waals surface area contributed by atoms with Crippen molar-refractivity contribution in [2.75, 3.05) is 13.1 Å². The van der Waals surface area contributed by atoms with Crippen molar-refractivity contribution in [2.24, 2.45) is 11.7 Å². The number of ether oxygens (including phenoxy) is 1. The molecule has 2 N–H and O–H groups in total. The molecule has 1 saturated heterocycles. The van der Waals surface area contributed by atoms with E-state index in [-0.39, 0.29) is 11.8 Å². The van der Waals surface area contributed by atoms with Crippen molar-refractivity contribution in [1.82, 2.24) is 4.90 Å². The van der Waals surface area contributed by atoms with Crippen LogP contribution < -0.4 is 10.5 Å². The van der Waals surface area contributed by atoms with Crippen LogP contribution in [0.25, 0.3) is 0 Å². The maximum Gasteiger partial charge on any atom is 0.573 e. The van der Waals surface area contributed by atoms with Crippen molar-refractivity contribution in [2.45, 2.75) is 38.7 Å². The van der Waals surface area contributed by atoms with E-state index >= 15 is 0 Å². The Hall–Kier alpha value is -1.27. The number of hydrogen-bond acceptors (Lipinski definition) is 3. The quantitative estimate of drug-likeness (QED) is 0.928. The molecule has 118 valence electrons. The first-order valence-corrected chi connectivity index (χ1v) is 7.16. The van der Waals surface area contributed by atoms with E-state index in [1.807, 2.05) is 6.92 Å². The Labute approximate surface area is 122 Å². The molecule has 1 heterocycles. The highest BCUT2D eigenvalue weighted by molar-refractivity contribution is 5.27. The molecular formula is C15H21F3N2O. The number of likely N-dealkylation sites (tertiary alicyclic amines) is 1. The van der Waals surface area contributed by atoms with Crippen molar-refractivity contribution in [3.8, 4) is 5.75 Å². The van der Waals surface area contributed by atoms with Gasteiger partial charge in [0.2, 0.25) is 0 Å². The fraction of sp³-hybridized carbons (Fsp3) is 0.600. The molecule has 0 saturated carbocycles. The number of nitrogens with two attached hydrogens (primary N) is 1. The fourth-order valence-corrected chi connectivity index (χ4v) is 2.69. The number of halogens is 3. The van der Waals surface area contributed by atoms with Crippen LogP contribution in [0, 0.1) is 5.92 Å². The molecule has 0 aliphatic carbocycles. The summed E-state index contributed by atoms with van der Waals surface area (Å²) in [5, 5.41) is 0.